The summed E-state index contributed by atoms with van der Waals surface area (Å²) in [6.07, 6.45) is 0.348. The lowest BCUT2D eigenvalue weighted by Crippen LogP contribution is -2.19. The maximum atomic E-state index is 11.9. The van der Waals surface area contributed by atoms with E-state index in [1.165, 1.54) is 30.5 Å². The monoisotopic (exact) mass is 363 g/mol. The van der Waals surface area contributed by atoms with Crippen molar-refractivity contribution in [1.29, 1.82) is 0 Å². The van der Waals surface area contributed by atoms with Gasteiger partial charge in [-0.15, -0.1) is 0 Å². The number of aliphatic hydroxyl groups is 1. The normalized spacial score (nSPS) is 12.3. The maximum absolute atomic E-state index is 11.9. The lowest BCUT2D eigenvalue weighted by molar-refractivity contribution is 0.000692. The molecule has 6 nitrogen and oxygen atoms in total. The van der Waals surface area contributed by atoms with Gasteiger partial charge in [-0.05, 0) is 23.8 Å². The van der Waals surface area contributed by atoms with E-state index >= 15 is 0 Å². The van der Waals surface area contributed by atoms with Crippen molar-refractivity contribution < 1.29 is 15.1 Å². The molecule has 1 atom stereocenters. The Morgan fingerprint density at radius 1 is 1.18 bits per heavy atom. The number of nitrogens with zero attached hydrogens (tertiary/aromatic N) is 1. The Balaban J connectivity index is 1.99. The molecule has 0 fully saturated rings. The lowest BCUT2D eigenvalue weighted by atomic mass is 10.1. The molecule has 7 heteroatoms. The van der Waals surface area contributed by atoms with Crippen LogP contribution >= 0.6 is 15.9 Å². The molecule has 2 aromatic rings. The van der Waals surface area contributed by atoms with Gasteiger partial charge in [0.2, 0.25) is 0 Å². The highest BCUT2D eigenvalue weighted by Crippen LogP contribution is 2.13. The highest BCUT2D eigenvalue weighted by atomic mass is 79.9. The molecule has 1 unspecified atom stereocenters. The second-order valence-corrected chi connectivity index (χ2v) is 5.23. The molecule has 4 N–H and O–H groups in total. The molecule has 0 aromatic heterocycles. The topological polar surface area (TPSA) is 94.0 Å². The van der Waals surface area contributed by atoms with Gasteiger partial charge in [-0.3, -0.25) is 4.79 Å². The zero-order chi connectivity index (χ0) is 15.9. The molecule has 0 radical (unpaired) electrons. The van der Waals surface area contributed by atoms with E-state index < -0.39 is 6.23 Å². The highest BCUT2D eigenvalue weighted by molar-refractivity contribution is 9.10. The molecular weight excluding hydrogens is 350 g/mol. The molecule has 0 bridgehead atoms. The summed E-state index contributed by atoms with van der Waals surface area (Å²) in [5.41, 5.74) is 5.80. The van der Waals surface area contributed by atoms with Crippen LogP contribution in [0.5, 0.6) is 0 Å². The summed E-state index contributed by atoms with van der Waals surface area (Å²) in [6, 6.07) is 13.6. The number of aliphatic hydroxyl groups excluding tert-OH is 1. The van der Waals surface area contributed by atoms with Crippen molar-refractivity contribution in [3.63, 3.8) is 0 Å². The number of amides is 1. The quantitative estimate of drug-likeness (QED) is 0.372. The van der Waals surface area contributed by atoms with Crippen molar-refractivity contribution in [2.45, 2.75) is 6.23 Å². The number of carbonyl (C=O) groups is 1. The summed E-state index contributed by atoms with van der Waals surface area (Å²) in [6.45, 7) is 0. The maximum Gasteiger partial charge on any atom is 0.271 e. The number of hydrazone groups is 1. The average molecular weight is 364 g/mol. The van der Waals surface area contributed by atoms with E-state index in [0.717, 1.165) is 10.0 Å². The van der Waals surface area contributed by atoms with Crippen molar-refractivity contribution in [2.75, 3.05) is 0 Å². The van der Waals surface area contributed by atoms with Gasteiger partial charge in [0, 0.05) is 15.6 Å². The highest BCUT2D eigenvalue weighted by Gasteiger charge is 2.08. The molecule has 0 spiro atoms. The van der Waals surface area contributed by atoms with E-state index in [1.54, 1.807) is 5.48 Å². The van der Waals surface area contributed by atoms with Gasteiger partial charge < -0.3 is 10.3 Å². The van der Waals surface area contributed by atoms with Crippen molar-refractivity contribution in [2.24, 2.45) is 5.10 Å². The molecule has 0 saturated heterocycles. The van der Waals surface area contributed by atoms with E-state index in [-0.39, 0.29) is 5.91 Å². The number of hydrogen-bond donors (Lipinski definition) is 4. The first-order valence-corrected chi connectivity index (χ1v) is 7.16. The number of rotatable bonds is 5. The Morgan fingerprint density at radius 3 is 2.50 bits per heavy atom. The van der Waals surface area contributed by atoms with E-state index in [9.17, 15) is 9.90 Å². The Morgan fingerprint density at radius 2 is 1.86 bits per heavy atom. The Bertz CT molecular complexity index is 674. The van der Waals surface area contributed by atoms with Crippen molar-refractivity contribution in [3.8, 4) is 0 Å². The number of hydroxylamine groups is 1. The van der Waals surface area contributed by atoms with Gasteiger partial charge >= 0.3 is 0 Å². The van der Waals surface area contributed by atoms with Crippen molar-refractivity contribution in [1.82, 2.24) is 10.9 Å². The number of nitrogens with one attached hydrogen (secondary N) is 2. The van der Waals surface area contributed by atoms with Crippen LogP contribution in [0, 0.1) is 0 Å². The van der Waals surface area contributed by atoms with Crippen LogP contribution in [0.4, 0.5) is 0 Å². The number of halogens is 1. The molecule has 22 heavy (non-hydrogen) atoms. The summed E-state index contributed by atoms with van der Waals surface area (Å²) >= 11 is 3.38. The van der Waals surface area contributed by atoms with E-state index in [0.29, 0.717) is 11.1 Å². The fourth-order valence-corrected chi connectivity index (χ4v) is 2.08. The van der Waals surface area contributed by atoms with Gasteiger partial charge in [-0.1, -0.05) is 46.3 Å². The summed E-state index contributed by atoms with van der Waals surface area (Å²) < 4.78 is 0.878. The van der Waals surface area contributed by atoms with E-state index in [1.807, 2.05) is 24.3 Å². The minimum atomic E-state index is -1.19. The molecule has 0 saturated carbocycles. The van der Waals surface area contributed by atoms with E-state index in [4.69, 9.17) is 5.21 Å². The van der Waals surface area contributed by atoms with Crippen LogP contribution in [-0.2, 0) is 0 Å². The molecule has 1 amide bonds. The summed E-state index contributed by atoms with van der Waals surface area (Å²) in [4.78, 5) is 11.9. The molecule has 0 aliphatic heterocycles. The van der Waals surface area contributed by atoms with Crippen LogP contribution in [0.3, 0.4) is 0 Å². The third-order valence-corrected chi connectivity index (χ3v) is 3.61. The number of hydrogen-bond acceptors (Lipinski definition) is 5. The molecule has 2 rings (SSSR count). The molecule has 114 valence electrons. The summed E-state index contributed by atoms with van der Waals surface area (Å²) in [7, 11) is 0. The Kier molecular flexibility index (Phi) is 5.79. The second-order valence-electron chi connectivity index (χ2n) is 4.37. The Hall–Kier alpha value is -2.06. The lowest BCUT2D eigenvalue weighted by Gasteiger charge is -2.08. The first-order valence-electron chi connectivity index (χ1n) is 6.37. The first kappa shape index (κ1) is 16.3. The zero-order valence-corrected chi connectivity index (χ0v) is 13.0. The van der Waals surface area contributed by atoms with Crippen molar-refractivity contribution >= 4 is 28.1 Å². The number of carbonyl (C=O) groups excluding carboxylic acids is 1. The predicted octanol–water partition coefficient (Wildman–Crippen LogP) is 2.18. The smallest absolute Gasteiger partial charge is 0.271 e. The fraction of sp³-hybridized carbons (Fsp3) is 0.0667. The molecule has 0 heterocycles. The Labute approximate surface area is 135 Å². The molecule has 0 aliphatic rings. The minimum Gasteiger partial charge on any atom is -0.372 e. The van der Waals surface area contributed by atoms with Crippen LogP contribution < -0.4 is 10.9 Å². The SMILES string of the molecule is O=C(NN=Cc1ccccc1Br)c1ccc(C(O)NO)cc1. The van der Waals surface area contributed by atoms with Gasteiger partial charge in [-0.2, -0.15) is 10.6 Å². The van der Waals surface area contributed by atoms with Crippen LogP contribution in [0.25, 0.3) is 0 Å². The van der Waals surface area contributed by atoms with Gasteiger partial charge in [0.15, 0.2) is 6.23 Å². The van der Waals surface area contributed by atoms with Gasteiger partial charge in [-0.25, -0.2) is 5.43 Å². The molecule has 0 aliphatic carbocycles. The predicted molar refractivity (Wildman–Crippen MR) is 85.5 cm³/mol. The second kappa shape index (κ2) is 7.81. The standard InChI is InChI=1S/C15H14BrN3O3/c16-13-4-2-1-3-12(13)9-17-18-14(20)10-5-7-11(8-6-10)15(21)19-22/h1-9,15,19,21-22H,(H,18,20). The van der Waals surface area contributed by atoms with Gasteiger partial charge in [0.1, 0.15) is 0 Å². The van der Waals surface area contributed by atoms with Crippen LogP contribution in [0.1, 0.15) is 27.7 Å². The number of benzene rings is 2. The molecular formula is C15H14BrN3O3. The van der Waals surface area contributed by atoms with Gasteiger partial charge in [0.25, 0.3) is 5.91 Å². The van der Waals surface area contributed by atoms with Crippen LogP contribution in [-0.4, -0.2) is 22.4 Å². The van der Waals surface area contributed by atoms with E-state index in [2.05, 4.69) is 26.5 Å². The van der Waals surface area contributed by atoms with Gasteiger partial charge in [0.05, 0.1) is 6.21 Å². The van der Waals surface area contributed by atoms with Crippen molar-refractivity contribution in [3.05, 3.63) is 69.7 Å². The third-order valence-electron chi connectivity index (χ3n) is 2.89. The zero-order valence-electron chi connectivity index (χ0n) is 11.4. The molecule has 2 aromatic carbocycles. The summed E-state index contributed by atoms with van der Waals surface area (Å²) in [5, 5.41) is 21.9. The van der Waals surface area contributed by atoms with Crippen LogP contribution in [0.15, 0.2) is 58.1 Å². The third kappa shape index (κ3) is 4.22. The fourth-order valence-electron chi connectivity index (χ4n) is 1.70. The first-order chi connectivity index (χ1) is 10.6. The average Bonchev–Trinajstić information content (AvgIpc) is 2.56. The summed E-state index contributed by atoms with van der Waals surface area (Å²) in [5.74, 6) is -0.374. The largest absolute Gasteiger partial charge is 0.372 e. The minimum absolute atomic E-state index is 0.374. The van der Waals surface area contributed by atoms with Crippen LogP contribution in [0.2, 0.25) is 0 Å².